The monoisotopic (exact) mass is 512 g/mol. The molecule has 0 unspecified atom stereocenters. The number of nitrogens with zero attached hydrogens (tertiary/aromatic N) is 1. The van der Waals surface area contributed by atoms with E-state index in [1.807, 2.05) is 42.5 Å². The fourth-order valence-electron chi connectivity index (χ4n) is 3.74. The molecule has 192 valence electrons. The molecule has 0 radical (unpaired) electrons. The molecule has 0 aliphatic heterocycles. The number of hydrogen-bond donors (Lipinski definition) is 1. The van der Waals surface area contributed by atoms with E-state index in [1.54, 1.807) is 45.4 Å². The van der Waals surface area contributed by atoms with Gasteiger partial charge in [-0.2, -0.15) is 4.31 Å². The highest BCUT2D eigenvalue weighted by Crippen LogP contribution is 2.29. The van der Waals surface area contributed by atoms with Crippen LogP contribution in [0.25, 0.3) is 0 Å². The van der Waals surface area contributed by atoms with Crippen molar-refractivity contribution in [2.24, 2.45) is 0 Å². The molecule has 0 spiro atoms. The van der Waals surface area contributed by atoms with Crippen LogP contribution >= 0.6 is 0 Å². The van der Waals surface area contributed by atoms with Crippen LogP contribution in [0.3, 0.4) is 0 Å². The highest BCUT2D eigenvalue weighted by Gasteiger charge is 2.30. The standard InChI is InChI=1S/C27H32N2O6S/c1-20-10-12-24(34-3)26(16-20)36(31,32)29(18-22-8-6-5-7-9-22)19-27(30)28-15-14-21-11-13-23(33-2)25(17-21)35-4/h5-13,16-17H,14-15,18-19H2,1-4H3,(H,28,30). The molecule has 0 atom stereocenters. The molecular weight excluding hydrogens is 480 g/mol. The van der Waals surface area contributed by atoms with E-state index in [2.05, 4.69) is 5.32 Å². The first-order valence-electron chi connectivity index (χ1n) is 11.4. The molecule has 36 heavy (non-hydrogen) atoms. The van der Waals surface area contributed by atoms with Gasteiger partial charge in [0.2, 0.25) is 15.9 Å². The second kappa shape index (κ2) is 12.4. The molecule has 3 aromatic rings. The van der Waals surface area contributed by atoms with Crippen molar-refractivity contribution in [3.63, 3.8) is 0 Å². The maximum absolute atomic E-state index is 13.7. The Labute approximate surface area is 212 Å². The molecular formula is C27H32N2O6S. The van der Waals surface area contributed by atoms with Crippen molar-refractivity contribution in [1.29, 1.82) is 0 Å². The van der Waals surface area contributed by atoms with Crippen LogP contribution in [0.5, 0.6) is 17.2 Å². The Morgan fingerprint density at radius 3 is 2.17 bits per heavy atom. The number of methoxy groups -OCH3 is 3. The summed E-state index contributed by atoms with van der Waals surface area (Å²) in [4.78, 5) is 12.9. The smallest absolute Gasteiger partial charge is 0.247 e. The molecule has 0 bridgehead atoms. The molecule has 9 heteroatoms. The van der Waals surface area contributed by atoms with Gasteiger partial charge >= 0.3 is 0 Å². The summed E-state index contributed by atoms with van der Waals surface area (Å²) in [5, 5.41) is 2.83. The number of amides is 1. The normalized spacial score (nSPS) is 11.2. The first-order valence-corrected chi connectivity index (χ1v) is 12.9. The number of hydrogen-bond acceptors (Lipinski definition) is 6. The number of benzene rings is 3. The lowest BCUT2D eigenvalue weighted by Crippen LogP contribution is -2.41. The molecule has 1 N–H and O–H groups in total. The van der Waals surface area contributed by atoms with Crippen molar-refractivity contribution in [1.82, 2.24) is 9.62 Å². The number of ether oxygens (including phenoxy) is 3. The molecule has 3 rings (SSSR count). The lowest BCUT2D eigenvalue weighted by atomic mass is 10.1. The number of nitrogens with one attached hydrogen (secondary N) is 1. The summed E-state index contributed by atoms with van der Waals surface area (Å²) in [5.41, 5.74) is 2.49. The fourth-order valence-corrected chi connectivity index (χ4v) is 5.36. The summed E-state index contributed by atoms with van der Waals surface area (Å²) < 4.78 is 44.4. The third-order valence-electron chi connectivity index (χ3n) is 5.64. The Kier molecular flexibility index (Phi) is 9.32. The molecule has 0 aliphatic rings. The molecule has 0 heterocycles. The van der Waals surface area contributed by atoms with Crippen molar-refractivity contribution in [2.45, 2.75) is 24.8 Å². The Morgan fingerprint density at radius 1 is 0.833 bits per heavy atom. The van der Waals surface area contributed by atoms with E-state index in [9.17, 15) is 13.2 Å². The predicted molar refractivity (Wildman–Crippen MR) is 138 cm³/mol. The number of sulfonamides is 1. The average Bonchev–Trinajstić information content (AvgIpc) is 2.88. The third-order valence-corrected chi connectivity index (χ3v) is 7.46. The van der Waals surface area contributed by atoms with Crippen LogP contribution in [0.2, 0.25) is 0 Å². The number of carbonyl (C=O) groups is 1. The molecule has 0 saturated carbocycles. The quantitative estimate of drug-likeness (QED) is 0.399. The van der Waals surface area contributed by atoms with Gasteiger partial charge in [0.15, 0.2) is 11.5 Å². The van der Waals surface area contributed by atoms with Gasteiger partial charge in [-0.05, 0) is 54.3 Å². The summed E-state index contributed by atoms with van der Waals surface area (Å²) in [5.74, 6) is 1.06. The topological polar surface area (TPSA) is 94.2 Å². The van der Waals surface area contributed by atoms with Gasteiger partial charge in [0.25, 0.3) is 0 Å². The summed E-state index contributed by atoms with van der Waals surface area (Å²) >= 11 is 0. The van der Waals surface area contributed by atoms with Crippen LogP contribution in [-0.2, 0) is 27.8 Å². The van der Waals surface area contributed by atoms with Gasteiger partial charge in [-0.15, -0.1) is 0 Å². The molecule has 8 nitrogen and oxygen atoms in total. The van der Waals surface area contributed by atoms with Crippen LogP contribution in [-0.4, -0.2) is 53.0 Å². The second-order valence-corrected chi connectivity index (χ2v) is 10.1. The molecule has 0 aliphatic carbocycles. The summed E-state index contributed by atoms with van der Waals surface area (Å²) in [7, 11) is 0.519. The van der Waals surface area contributed by atoms with Gasteiger partial charge in [-0.3, -0.25) is 4.79 Å². The van der Waals surface area contributed by atoms with Crippen LogP contribution in [0, 0.1) is 6.92 Å². The van der Waals surface area contributed by atoms with Crippen LogP contribution < -0.4 is 19.5 Å². The van der Waals surface area contributed by atoms with Crippen molar-refractivity contribution in [3.05, 3.63) is 83.4 Å². The van der Waals surface area contributed by atoms with E-state index in [4.69, 9.17) is 14.2 Å². The lowest BCUT2D eigenvalue weighted by molar-refractivity contribution is -0.121. The molecule has 0 saturated heterocycles. The molecule has 3 aromatic carbocycles. The van der Waals surface area contributed by atoms with Crippen molar-refractivity contribution < 1.29 is 27.4 Å². The number of rotatable bonds is 12. The zero-order valence-corrected chi connectivity index (χ0v) is 21.8. The minimum absolute atomic E-state index is 0.0269. The van der Waals surface area contributed by atoms with E-state index >= 15 is 0 Å². The second-order valence-electron chi connectivity index (χ2n) is 8.20. The minimum atomic E-state index is -4.04. The van der Waals surface area contributed by atoms with Gasteiger partial charge in [-0.25, -0.2) is 8.42 Å². The highest BCUT2D eigenvalue weighted by molar-refractivity contribution is 7.89. The van der Waals surface area contributed by atoms with E-state index in [0.29, 0.717) is 24.5 Å². The van der Waals surface area contributed by atoms with Gasteiger partial charge in [-0.1, -0.05) is 42.5 Å². The van der Waals surface area contributed by atoms with Gasteiger partial charge in [0, 0.05) is 13.1 Å². The van der Waals surface area contributed by atoms with E-state index < -0.39 is 15.9 Å². The van der Waals surface area contributed by atoms with Gasteiger partial charge < -0.3 is 19.5 Å². The van der Waals surface area contributed by atoms with Crippen molar-refractivity contribution in [3.8, 4) is 17.2 Å². The van der Waals surface area contributed by atoms with Crippen molar-refractivity contribution in [2.75, 3.05) is 34.4 Å². The number of aryl methyl sites for hydroxylation is 1. The first kappa shape index (κ1) is 27.0. The van der Waals surface area contributed by atoms with E-state index in [0.717, 1.165) is 16.7 Å². The Morgan fingerprint density at radius 2 is 1.50 bits per heavy atom. The van der Waals surface area contributed by atoms with Gasteiger partial charge in [0.1, 0.15) is 10.6 Å². The largest absolute Gasteiger partial charge is 0.495 e. The Bertz CT molecular complexity index is 1280. The maximum Gasteiger partial charge on any atom is 0.247 e. The zero-order valence-electron chi connectivity index (χ0n) is 21.0. The fraction of sp³-hybridized carbons (Fsp3) is 0.296. The molecule has 1 amide bonds. The summed E-state index contributed by atoms with van der Waals surface area (Å²) in [6.07, 6.45) is 0.545. The van der Waals surface area contributed by atoms with Crippen LogP contribution in [0.15, 0.2) is 71.6 Å². The Balaban J connectivity index is 1.76. The third kappa shape index (κ3) is 6.77. The summed E-state index contributed by atoms with van der Waals surface area (Å²) in [6, 6.07) is 19.7. The summed E-state index contributed by atoms with van der Waals surface area (Å²) in [6.45, 7) is 1.85. The SMILES string of the molecule is COc1ccc(CCNC(=O)CN(Cc2ccccc2)S(=O)(=O)c2cc(C)ccc2OC)cc1OC. The zero-order chi connectivity index (χ0) is 26.1. The van der Waals surface area contributed by atoms with Gasteiger partial charge in [0.05, 0.1) is 27.9 Å². The lowest BCUT2D eigenvalue weighted by Gasteiger charge is -2.23. The first-order chi connectivity index (χ1) is 17.3. The van der Waals surface area contributed by atoms with Crippen LogP contribution in [0.1, 0.15) is 16.7 Å². The highest BCUT2D eigenvalue weighted by atomic mass is 32.2. The van der Waals surface area contributed by atoms with Crippen molar-refractivity contribution >= 4 is 15.9 Å². The molecule has 0 fully saturated rings. The van der Waals surface area contributed by atoms with E-state index in [-0.39, 0.29) is 23.7 Å². The predicted octanol–water partition coefficient (Wildman–Crippen LogP) is 3.57. The van der Waals surface area contributed by atoms with Crippen LogP contribution in [0.4, 0.5) is 0 Å². The molecule has 0 aromatic heterocycles. The minimum Gasteiger partial charge on any atom is -0.495 e. The Hall–Kier alpha value is -3.56. The number of carbonyl (C=O) groups excluding carboxylic acids is 1. The maximum atomic E-state index is 13.7. The van der Waals surface area contributed by atoms with E-state index in [1.165, 1.54) is 11.4 Å². The average molecular weight is 513 g/mol.